The van der Waals surface area contributed by atoms with Crippen LogP contribution in [0.2, 0.25) is 10.0 Å². The first kappa shape index (κ1) is 22.3. The van der Waals surface area contributed by atoms with Gasteiger partial charge in [0.1, 0.15) is 5.52 Å². The van der Waals surface area contributed by atoms with E-state index in [0.717, 1.165) is 12.1 Å². The summed E-state index contributed by atoms with van der Waals surface area (Å²) in [5, 5.41) is 0.982. The molecule has 0 aliphatic carbocycles. The minimum Gasteiger partial charge on any atom is -0.459 e. The minimum atomic E-state index is -0.391. The molecule has 0 aliphatic heterocycles. The van der Waals surface area contributed by atoms with Crippen LogP contribution in [0.1, 0.15) is 30.6 Å². The molecule has 0 saturated heterocycles. The molecule has 8 heteroatoms. The van der Waals surface area contributed by atoms with Gasteiger partial charge in [-0.15, -0.1) is 12.4 Å². The van der Waals surface area contributed by atoms with Gasteiger partial charge in [0.25, 0.3) is 0 Å². The zero-order valence-electron chi connectivity index (χ0n) is 16.0. The van der Waals surface area contributed by atoms with Gasteiger partial charge in [-0.05, 0) is 43.7 Å². The molecule has 0 saturated carbocycles. The standard InChI is InChI=1S/C20H20Cl2N2O3.ClH/c1-5-11(2)26-20(25)13-8-16(24(3)4)18-17(9-13)27-19(23-18)12-6-14(21)10-15(22)7-12;/h6-11H,5H2,1-4H3;1H. The van der Waals surface area contributed by atoms with Crippen molar-refractivity contribution >= 4 is 58.4 Å². The summed E-state index contributed by atoms with van der Waals surface area (Å²) in [4.78, 5) is 18.9. The molecule has 0 bridgehead atoms. The molecule has 3 rings (SSSR count). The van der Waals surface area contributed by atoms with Crippen LogP contribution in [-0.4, -0.2) is 31.2 Å². The Bertz CT molecular complexity index is 982. The average molecular weight is 444 g/mol. The third-order valence-electron chi connectivity index (χ3n) is 4.18. The van der Waals surface area contributed by atoms with Crippen molar-refractivity contribution in [1.29, 1.82) is 0 Å². The third kappa shape index (κ3) is 4.72. The Morgan fingerprint density at radius 3 is 2.39 bits per heavy atom. The van der Waals surface area contributed by atoms with E-state index in [9.17, 15) is 4.79 Å². The molecule has 2 aromatic carbocycles. The van der Waals surface area contributed by atoms with Crippen LogP contribution in [-0.2, 0) is 4.74 Å². The number of hydrogen-bond acceptors (Lipinski definition) is 5. The van der Waals surface area contributed by atoms with Crippen LogP contribution >= 0.6 is 35.6 Å². The highest BCUT2D eigenvalue weighted by Crippen LogP contribution is 2.33. The minimum absolute atomic E-state index is 0. The van der Waals surface area contributed by atoms with Gasteiger partial charge in [-0.3, -0.25) is 0 Å². The molecule has 0 radical (unpaired) electrons. The maximum Gasteiger partial charge on any atom is 0.338 e. The Balaban J connectivity index is 0.00000280. The monoisotopic (exact) mass is 442 g/mol. The Morgan fingerprint density at radius 1 is 1.18 bits per heavy atom. The molecular weight excluding hydrogens is 423 g/mol. The Kier molecular flexibility index (Phi) is 7.21. The lowest BCUT2D eigenvalue weighted by molar-refractivity contribution is 0.0334. The number of aromatic nitrogens is 1. The van der Waals surface area contributed by atoms with Gasteiger partial charge in [0.05, 0.1) is 17.4 Å². The van der Waals surface area contributed by atoms with E-state index >= 15 is 0 Å². The van der Waals surface area contributed by atoms with E-state index in [1.165, 1.54) is 0 Å². The van der Waals surface area contributed by atoms with Crippen molar-refractivity contribution in [1.82, 2.24) is 4.98 Å². The number of benzene rings is 2. The smallest absolute Gasteiger partial charge is 0.338 e. The number of carbonyl (C=O) groups excluding carboxylic acids is 1. The maximum absolute atomic E-state index is 12.5. The van der Waals surface area contributed by atoms with Gasteiger partial charge in [0.15, 0.2) is 5.58 Å². The van der Waals surface area contributed by atoms with Crippen LogP contribution in [0.4, 0.5) is 5.69 Å². The molecule has 5 nitrogen and oxygen atoms in total. The number of hydrogen-bond donors (Lipinski definition) is 0. The van der Waals surface area contributed by atoms with E-state index in [1.807, 2.05) is 32.8 Å². The molecule has 0 amide bonds. The summed E-state index contributed by atoms with van der Waals surface area (Å²) < 4.78 is 11.4. The van der Waals surface area contributed by atoms with Gasteiger partial charge in [0, 0.05) is 29.7 Å². The number of halogens is 3. The summed E-state index contributed by atoms with van der Waals surface area (Å²) in [7, 11) is 3.76. The molecule has 1 aromatic heterocycles. The van der Waals surface area contributed by atoms with Crippen LogP contribution in [0.15, 0.2) is 34.7 Å². The number of esters is 1. The molecule has 0 fully saturated rings. The fourth-order valence-electron chi connectivity index (χ4n) is 2.61. The van der Waals surface area contributed by atoms with E-state index < -0.39 is 5.97 Å². The highest BCUT2D eigenvalue weighted by molar-refractivity contribution is 6.35. The quantitative estimate of drug-likeness (QED) is 0.437. The van der Waals surface area contributed by atoms with Gasteiger partial charge in [-0.2, -0.15) is 0 Å². The van der Waals surface area contributed by atoms with Crippen LogP contribution in [0.3, 0.4) is 0 Å². The summed E-state index contributed by atoms with van der Waals surface area (Å²) in [5.41, 5.74) is 2.97. The van der Waals surface area contributed by atoms with E-state index in [1.54, 1.807) is 30.3 Å². The van der Waals surface area contributed by atoms with Crippen molar-refractivity contribution in [2.75, 3.05) is 19.0 Å². The summed E-state index contributed by atoms with van der Waals surface area (Å²) >= 11 is 12.2. The second-order valence-corrected chi connectivity index (χ2v) is 7.41. The number of ether oxygens (including phenoxy) is 1. The van der Waals surface area contributed by atoms with Crippen LogP contribution in [0.5, 0.6) is 0 Å². The summed E-state index contributed by atoms with van der Waals surface area (Å²) in [5.74, 6) is -0.0111. The van der Waals surface area contributed by atoms with Crippen LogP contribution in [0, 0.1) is 0 Å². The van der Waals surface area contributed by atoms with Crippen molar-refractivity contribution in [2.45, 2.75) is 26.4 Å². The molecule has 1 unspecified atom stereocenters. The van der Waals surface area contributed by atoms with Crippen LogP contribution < -0.4 is 4.90 Å². The highest BCUT2D eigenvalue weighted by atomic mass is 35.5. The lowest BCUT2D eigenvalue weighted by Crippen LogP contribution is -2.15. The number of anilines is 1. The lowest BCUT2D eigenvalue weighted by Gasteiger charge is -2.15. The summed E-state index contributed by atoms with van der Waals surface area (Å²) in [6, 6.07) is 8.50. The number of carbonyl (C=O) groups is 1. The molecular formula is C20H21Cl3N2O3. The van der Waals surface area contributed by atoms with Gasteiger partial charge in [-0.1, -0.05) is 30.1 Å². The SMILES string of the molecule is CCC(C)OC(=O)c1cc(N(C)C)c2nc(-c3cc(Cl)cc(Cl)c3)oc2c1.Cl. The Morgan fingerprint density at radius 2 is 1.82 bits per heavy atom. The van der Waals surface area contributed by atoms with Crippen molar-refractivity contribution in [2.24, 2.45) is 0 Å². The van der Waals surface area contributed by atoms with Crippen molar-refractivity contribution in [3.05, 3.63) is 45.9 Å². The topological polar surface area (TPSA) is 55.6 Å². The van der Waals surface area contributed by atoms with E-state index in [4.69, 9.17) is 32.4 Å². The first-order valence-electron chi connectivity index (χ1n) is 8.57. The first-order chi connectivity index (χ1) is 12.8. The second kappa shape index (κ2) is 9.03. The third-order valence-corrected chi connectivity index (χ3v) is 4.62. The second-order valence-electron chi connectivity index (χ2n) is 6.54. The van der Waals surface area contributed by atoms with Gasteiger partial charge in [-0.25, -0.2) is 9.78 Å². The van der Waals surface area contributed by atoms with Crippen molar-refractivity contribution in [3.8, 4) is 11.5 Å². The zero-order valence-corrected chi connectivity index (χ0v) is 18.3. The van der Waals surface area contributed by atoms with Gasteiger partial charge >= 0.3 is 5.97 Å². The van der Waals surface area contributed by atoms with Gasteiger partial charge in [0.2, 0.25) is 5.89 Å². The summed E-state index contributed by atoms with van der Waals surface area (Å²) in [6.45, 7) is 3.82. The number of rotatable bonds is 5. The predicted molar refractivity (Wildman–Crippen MR) is 116 cm³/mol. The fourth-order valence-corrected chi connectivity index (χ4v) is 3.13. The molecule has 1 atom stereocenters. The maximum atomic E-state index is 12.5. The Hall–Kier alpha value is -1.95. The lowest BCUT2D eigenvalue weighted by atomic mass is 10.1. The first-order valence-corrected chi connectivity index (χ1v) is 9.33. The summed E-state index contributed by atoms with van der Waals surface area (Å²) in [6.07, 6.45) is 0.589. The molecule has 3 aromatic rings. The van der Waals surface area contributed by atoms with Crippen LogP contribution in [0.25, 0.3) is 22.6 Å². The number of nitrogens with zero attached hydrogens (tertiary/aromatic N) is 2. The molecule has 0 aliphatic rings. The molecule has 0 N–H and O–H groups in total. The zero-order chi connectivity index (χ0) is 19.7. The molecule has 0 spiro atoms. The Labute approximate surface area is 180 Å². The molecule has 28 heavy (non-hydrogen) atoms. The van der Waals surface area contributed by atoms with Crippen molar-refractivity contribution in [3.63, 3.8) is 0 Å². The van der Waals surface area contributed by atoms with E-state index in [0.29, 0.717) is 38.2 Å². The van der Waals surface area contributed by atoms with Gasteiger partial charge < -0.3 is 14.1 Å². The predicted octanol–water partition coefficient (Wildman–Crippen LogP) is 6.24. The largest absolute Gasteiger partial charge is 0.459 e. The number of fused-ring (bicyclic) bond motifs is 1. The number of oxazole rings is 1. The molecule has 150 valence electrons. The van der Waals surface area contributed by atoms with E-state index in [2.05, 4.69) is 4.98 Å². The molecule has 1 heterocycles. The average Bonchev–Trinajstić information content (AvgIpc) is 3.03. The van der Waals surface area contributed by atoms with E-state index in [-0.39, 0.29) is 18.5 Å². The van der Waals surface area contributed by atoms with Crippen molar-refractivity contribution < 1.29 is 13.9 Å². The fraction of sp³-hybridized carbons (Fsp3) is 0.300. The highest BCUT2D eigenvalue weighted by Gasteiger charge is 2.19. The normalized spacial score (nSPS) is 11.8.